The number of ether oxygens (including phenoxy) is 1. The molecule has 1 aromatic carbocycles. The van der Waals surface area contributed by atoms with Crippen LogP contribution in [-0.4, -0.2) is 48.5 Å². The fourth-order valence-corrected chi connectivity index (χ4v) is 4.86. The number of hydrogen-bond donors (Lipinski definition) is 1. The van der Waals surface area contributed by atoms with Gasteiger partial charge in [-0.15, -0.1) is 11.8 Å². The molecule has 2 saturated heterocycles. The molecule has 0 radical (unpaired) electrons. The molecule has 3 fully saturated rings. The lowest BCUT2D eigenvalue weighted by Gasteiger charge is -2.23. The van der Waals surface area contributed by atoms with Crippen LogP contribution < -0.4 is 5.32 Å². The molecule has 2 heterocycles. The van der Waals surface area contributed by atoms with Gasteiger partial charge >= 0.3 is 6.03 Å². The number of nitrogens with zero attached hydrogens (tertiary/aromatic N) is 1. The van der Waals surface area contributed by atoms with Crippen molar-refractivity contribution in [2.24, 2.45) is 5.41 Å². The van der Waals surface area contributed by atoms with E-state index in [0.717, 1.165) is 45.7 Å². The summed E-state index contributed by atoms with van der Waals surface area (Å²) in [6.07, 6.45) is 4.56. The Bertz CT molecular complexity index is 568. The van der Waals surface area contributed by atoms with E-state index >= 15 is 0 Å². The molecular weight excluding hydrogens is 308 g/mol. The number of carbonyl (C=O) groups excluding carboxylic acids is 1. The van der Waals surface area contributed by atoms with Gasteiger partial charge in [0.1, 0.15) is 0 Å². The summed E-state index contributed by atoms with van der Waals surface area (Å²) in [4.78, 5) is 15.8. The van der Waals surface area contributed by atoms with Crippen LogP contribution in [0.5, 0.6) is 0 Å². The van der Waals surface area contributed by atoms with Gasteiger partial charge in [0, 0.05) is 41.3 Å². The van der Waals surface area contributed by atoms with Crippen molar-refractivity contribution in [3.8, 4) is 0 Å². The van der Waals surface area contributed by atoms with Crippen LogP contribution >= 0.6 is 11.8 Å². The third-order valence-corrected chi connectivity index (χ3v) is 6.85. The lowest BCUT2D eigenvalue weighted by atomic mass is 9.87. The monoisotopic (exact) mass is 332 g/mol. The molecular formula is C18H24N2O2S. The quantitative estimate of drug-likeness (QED) is 0.921. The molecule has 23 heavy (non-hydrogen) atoms. The topological polar surface area (TPSA) is 41.6 Å². The Labute approximate surface area is 142 Å². The second-order valence-electron chi connectivity index (χ2n) is 7.23. The highest BCUT2D eigenvalue weighted by Crippen LogP contribution is 2.51. The number of benzene rings is 1. The Balaban J connectivity index is 1.28. The van der Waals surface area contributed by atoms with Crippen molar-refractivity contribution in [2.75, 3.05) is 32.8 Å². The largest absolute Gasteiger partial charge is 0.381 e. The standard InChI is InChI=1S/C18H24N2O2S/c21-16(20-10-8-17(13-20)9-11-22-14-17)19-12-18(6-7-18)23-15-4-2-1-3-5-15/h1-5H,6-14H2,(H,19,21)/t17-/m1/s1. The molecule has 5 heteroatoms. The minimum Gasteiger partial charge on any atom is -0.381 e. The SMILES string of the molecule is O=C(NCC1(Sc2ccccc2)CC1)N1CC[C@@]2(CCOC2)C1. The summed E-state index contributed by atoms with van der Waals surface area (Å²) in [6, 6.07) is 10.6. The van der Waals surface area contributed by atoms with Crippen molar-refractivity contribution in [1.29, 1.82) is 0 Å². The maximum atomic E-state index is 12.5. The zero-order valence-corrected chi connectivity index (χ0v) is 14.2. The number of hydrogen-bond acceptors (Lipinski definition) is 3. The molecule has 2 amide bonds. The van der Waals surface area contributed by atoms with Gasteiger partial charge in [-0.3, -0.25) is 0 Å². The summed E-state index contributed by atoms with van der Waals surface area (Å²) in [5.41, 5.74) is 0.243. The Morgan fingerprint density at radius 3 is 2.74 bits per heavy atom. The molecule has 1 spiro atoms. The van der Waals surface area contributed by atoms with Crippen LogP contribution in [0, 0.1) is 5.41 Å². The van der Waals surface area contributed by atoms with Gasteiger partial charge in [0.2, 0.25) is 0 Å². The average Bonchev–Trinajstić information content (AvgIpc) is 2.99. The third kappa shape index (κ3) is 3.36. The molecule has 1 aromatic rings. The summed E-state index contributed by atoms with van der Waals surface area (Å²) < 4.78 is 5.75. The second-order valence-corrected chi connectivity index (χ2v) is 8.77. The number of amides is 2. The highest BCUT2D eigenvalue weighted by atomic mass is 32.2. The van der Waals surface area contributed by atoms with Gasteiger partial charge < -0.3 is 15.0 Å². The number of thioether (sulfide) groups is 1. The third-order valence-electron chi connectivity index (χ3n) is 5.36. The van der Waals surface area contributed by atoms with Crippen molar-refractivity contribution in [1.82, 2.24) is 10.2 Å². The van der Waals surface area contributed by atoms with Gasteiger partial charge in [0.25, 0.3) is 0 Å². The Morgan fingerprint density at radius 1 is 1.22 bits per heavy atom. The molecule has 2 aliphatic heterocycles. The van der Waals surface area contributed by atoms with E-state index < -0.39 is 0 Å². The fraction of sp³-hybridized carbons (Fsp3) is 0.611. The van der Waals surface area contributed by atoms with Crippen molar-refractivity contribution in [2.45, 2.75) is 35.3 Å². The number of likely N-dealkylation sites (tertiary alicyclic amines) is 1. The predicted octanol–water partition coefficient (Wildman–Crippen LogP) is 3.13. The normalized spacial score (nSPS) is 28.3. The Morgan fingerprint density at radius 2 is 2.04 bits per heavy atom. The van der Waals surface area contributed by atoms with Crippen LogP contribution in [0.2, 0.25) is 0 Å². The zero-order valence-electron chi connectivity index (χ0n) is 13.4. The Kier molecular flexibility index (Phi) is 4.01. The molecule has 4 nitrogen and oxygen atoms in total. The van der Waals surface area contributed by atoms with Crippen molar-refractivity contribution in [3.05, 3.63) is 30.3 Å². The zero-order chi connectivity index (χ0) is 15.8. The summed E-state index contributed by atoms with van der Waals surface area (Å²) >= 11 is 1.91. The molecule has 124 valence electrons. The number of urea groups is 1. The minimum absolute atomic E-state index is 0.105. The van der Waals surface area contributed by atoms with E-state index in [9.17, 15) is 4.79 Å². The van der Waals surface area contributed by atoms with E-state index in [4.69, 9.17) is 4.74 Å². The lowest BCUT2D eigenvalue weighted by molar-refractivity contribution is 0.152. The fourth-order valence-electron chi connectivity index (χ4n) is 3.62. The molecule has 3 aliphatic rings. The first-order chi connectivity index (χ1) is 11.2. The minimum atomic E-state index is 0.105. The highest BCUT2D eigenvalue weighted by molar-refractivity contribution is 8.01. The van der Waals surface area contributed by atoms with E-state index in [1.807, 2.05) is 22.7 Å². The predicted molar refractivity (Wildman–Crippen MR) is 91.7 cm³/mol. The molecule has 0 unspecified atom stereocenters. The van der Waals surface area contributed by atoms with Crippen LogP contribution in [0.1, 0.15) is 25.7 Å². The van der Waals surface area contributed by atoms with Crippen LogP contribution in [0.3, 0.4) is 0 Å². The lowest BCUT2D eigenvalue weighted by Crippen LogP contribution is -2.42. The summed E-state index contributed by atoms with van der Waals surface area (Å²) in [5, 5.41) is 3.18. The molecule has 0 aromatic heterocycles. The van der Waals surface area contributed by atoms with E-state index in [1.54, 1.807) is 0 Å². The first kappa shape index (κ1) is 15.3. The molecule has 0 bridgehead atoms. The van der Waals surface area contributed by atoms with Crippen LogP contribution in [0.15, 0.2) is 35.2 Å². The molecule has 1 atom stereocenters. The summed E-state index contributed by atoms with van der Waals surface area (Å²) in [6.45, 7) is 4.17. The van der Waals surface area contributed by atoms with Crippen molar-refractivity contribution in [3.63, 3.8) is 0 Å². The summed E-state index contributed by atoms with van der Waals surface area (Å²) in [5.74, 6) is 0. The maximum absolute atomic E-state index is 12.5. The van der Waals surface area contributed by atoms with E-state index in [0.29, 0.717) is 0 Å². The van der Waals surface area contributed by atoms with Crippen molar-refractivity contribution < 1.29 is 9.53 Å². The smallest absolute Gasteiger partial charge is 0.317 e. The number of rotatable bonds is 4. The average molecular weight is 332 g/mol. The maximum Gasteiger partial charge on any atom is 0.317 e. The number of carbonyl (C=O) groups is 1. The number of nitrogens with one attached hydrogen (secondary N) is 1. The van der Waals surface area contributed by atoms with Gasteiger partial charge in [-0.25, -0.2) is 4.79 Å². The first-order valence-corrected chi connectivity index (χ1v) is 9.35. The first-order valence-electron chi connectivity index (χ1n) is 8.53. The van der Waals surface area contributed by atoms with Gasteiger partial charge in [-0.2, -0.15) is 0 Å². The molecule has 1 N–H and O–H groups in total. The molecule has 4 rings (SSSR count). The van der Waals surface area contributed by atoms with E-state index in [2.05, 4.69) is 29.6 Å². The highest BCUT2D eigenvalue weighted by Gasteiger charge is 2.46. The summed E-state index contributed by atoms with van der Waals surface area (Å²) in [7, 11) is 0. The second kappa shape index (κ2) is 6.02. The van der Waals surface area contributed by atoms with Gasteiger partial charge in [0.05, 0.1) is 6.61 Å². The van der Waals surface area contributed by atoms with Crippen LogP contribution in [-0.2, 0) is 4.74 Å². The van der Waals surface area contributed by atoms with Gasteiger partial charge in [-0.1, -0.05) is 18.2 Å². The van der Waals surface area contributed by atoms with E-state index in [1.165, 1.54) is 17.7 Å². The van der Waals surface area contributed by atoms with Crippen LogP contribution in [0.25, 0.3) is 0 Å². The molecule has 1 aliphatic carbocycles. The molecule has 1 saturated carbocycles. The van der Waals surface area contributed by atoms with Gasteiger partial charge in [0.15, 0.2) is 0 Å². The Hall–Kier alpha value is -1.20. The van der Waals surface area contributed by atoms with Gasteiger partial charge in [-0.05, 0) is 37.8 Å². The van der Waals surface area contributed by atoms with E-state index in [-0.39, 0.29) is 16.2 Å². The van der Waals surface area contributed by atoms with Crippen LogP contribution in [0.4, 0.5) is 4.79 Å². The van der Waals surface area contributed by atoms with Crippen molar-refractivity contribution >= 4 is 17.8 Å².